The average molecular weight is 348 g/mol. The van der Waals surface area contributed by atoms with Gasteiger partial charge in [-0.25, -0.2) is 0 Å². The molecule has 0 aromatic heterocycles. The Morgan fingerprint density at radius 3 is 2.86 bits per heavy atom. The first-order chi connectivity index (χ1) is 10.1. The number of anilines is 1. The Morgan fingerprint density at radius 1 is 1.29 bits per heavy atom. The van der Waals surface area contributed by atoms with Gasteiger partial charge in [0.1, 0.15) is 11.5 Å². The summed E-state index contributed by atoms with van der Waals surface area (Å²) < 4.78 is 6.50. The van der Waals surface area contributed by atoms with E-state index in [-0.39, 0.29) is 6.04 Å². The van der Waals surface area contributed by atoms with Crippen LogP contribution >= 0.6 is 15.9 Å². The number of phenolic OH excluding ortho intramolecular Hbond substituents is 1. The summed E-state index contributed by atoms with van der Waals surface area (Å²) in [6.45, 7) is 2.07. The molecule has 4 heteroatoms. The van der Waals surface area contributed by atoms with Crippen LogP contribution in [0, 0.1) is 6.92 Å². The molecule has 0 aliphatic heterocycles. The second kappa shape index (κ2) is 5.60. The van der Waals surface area contributed by atoms with E-state index in [1.54, 1.807) is 13.2 Å². The monoisotopic (exact) mass is 347 g/mol. The Balaban J connectivity index is 1.93. The van der Waals surface area contributed by atoms with Gasteiger partial charge in [0, 0.05) is 4.47 Å². The fraction of sp³-hybridized carbons (Fsp3) is 0.294. The largest absolute Gasteiger partial charge is 0.508 e. The molecule has 2 N–H and O–H groups in total. The van der Waals surface area contributed by atoms with Gasteiger partial charge in [0.15, 0.2) is 0 Å². The highest BCUT2D eigenvalue weighted by Gasteiger charge is 2.24. The molecule has 110 valence electrons. The summed E-state index contributed by atoms with van der Waals surface area (Å²) in [6.07, 6.45) is 2.01. The van der Waals surface area contributed by atoms with Crippen LogP contribution in [0.15, 0.2) is 34.8 Å². The van der Waals surface area contributed by atoms with Crippen molar-refractivity contribution in [3.63, 3.8) is 0 Å². The van der Waals surface area contributed by atoms with Crippen molar-refractivity contribution < 1.29 is 9.84 Å². The van der Waals surface area contributed by atoms with Gasteiger partial charge >= 0.3 is 0 Å². The van der Waals surface area contributed by atoms with Gasteiger partial charge < -0.3 is 15.2 Å². The predicted octanol–water partition coefficient (Wildman–Crippen LogP) is 4.57. The maximum atomic E-state index is 9.58. The fourth-order valence-electron chi connectivity index (χ4n) is 2.99. The summed E-state index contributed by atoms with van der Waals surface area (Å²) in [5, 5.41) is 13.2. The van der Waals surface area contributed by atoms with Crippen LogP contribution in [0.5, 0.6) is 11.5 Å². The van der Waals surface area contributed by atoms with Crippen LogP contribution in [-0.2, 0) is 6.42 Å². The number of hydrogen-bond donors (Lipinski definition) is 2. The Kier molecular flexibility index (Phi) is 3.81. The van der Waals surface area contributed by atoms with Gasteiger partial charge in [-0.1, -0.05) is 22.0 Å². The van der Waals surface area contributed by atoms with Crippen molar-refractivity contribution in [1.82, 2.24) is 0 Å². The topological polar surface area (TPSA) is 41.5 Å². The van der Waals surface area contributed by atoms with Crippen molar-refractivity contribution in [2.24, 2.45) is 0 Å². The van der Waals surface area contributed by atoms with Crippen LogP contribution < -0.4 is 10.1 Å². The molecule has 1 aliphatic carbocycles. The number of hydrogen-bond acceptors (Lipinski definition) is 3. The van der Waals surface area contributed by atoms with E-state index in [1.807, 2.05) is 18.2 Å². The smallest absolute Gasteiger partial charge is 0.143 e. The molecule has 0 fully saturated rings. The fourth-order valence-corrected chi connectivity index (χ4v) is 3.54. The van der Waals surface area contributed by atoms with Gasteiger partial charge in [0.05, 0.1) is 18.8 Å². The molecule has 1 aliphatic rings. The molecule has 0 amide bonds. The lowest BCUT2D eigenvalue weighted by atomic mass is 10.1. The van der Waals surface area contributed by atoms with Gasteiger partial charge in [-0.3, -0.25) is 0 Å². The van der Waals surface area contributed by atoms with E-state index < -0.39 is 0 Å². The highest BCUT2D eigenvalue weighted by Crippen LogP contribution is 2.39. The third kappa shape index (κ3) is 2.72. The van der Waals surface area contributed by atoms with E-state index in [0.717, 1.165) is 34.3 Å². The van der Waals surface area contributed by atoms with Gasteiger partial charge in [-0.15, -0.1) is 0 Å². The van der Waals surface area contributed by atoms with E-state index in [1.165, 1.54) is 11.1 Å². The van der Waals surface area contributed by atoms with Crippen LogP contribution in [-0.4, -0.2) is 12.2 Å². The molecule has 0 saturated carbocycles. The van der Waals surface area contributed by atoms with E-state index in [9.17, 15) is 5.11 Å². The van der Waals surface area contributed by atoms with Crippen LogP contribution in [0.25, 0.3) is 0 Å². The summed E-state index contributed by atoms with van der Waals surface area (Å²) in [5.41, 5.74) is 4.67. The van der Waals surface area contributed by atoms with Crippen LogP contribution in [0.1, 0.15) is 29.2 Å². The molecule has 0 heterocycles. The SMILES string of the molecule is COc1cc(Br)cc(C)c1NC1CCc2cc(O)ccc21. The summed E-state index contributed by atoms with van der Waals surface area (Å²) in [4.78, 5) is 0. The van der Waals surface area contributed by atoms with Gasteiger partial charge in [-0.05, 0) is 60.7 Å². The number of benzene rings is 2. The first kappa shape index (κ1) is 14.3. The number of rotatable bonds is 3. The third-order valence-corrected chi connectivity index (χ3v) is 4.46. The summed E-state index contributed by atoms with van der Waals surface area (Å²) >= 11 is 3.50. The number of fused-ring (bicyclic) bond motifs is 1. The molecule has 0 radical (unpaired) electrons. The lowest BCUT2D eigenvalue weighted by Crippen LogP contribution is -2.09. The average Bonchev–Trinajstić information content (AvgIpc) is 2.83. The number of methoxy groups -OCH3 is 1. The van der Waals surface area contributed by atoms with Crippen LogP contribution in [0.3, 0.4) is 0 Å². The summed E-state index contributed by atoms with van der Waals surface area (Å²) in [7, 11) is 1.69. The van der Waals surface area contributed by atoms with Crippen molar-refractivity contribution >= 4 is 21.6 Å². The quantitative estimate of drug-likeness (QED) is 0.854. The van der Waals surface area contributed by atoms with Crippen molar-refractivity contribution in [2.45, 2.75) is 25.8 Å². The predicted molar refractivity (Wildman–Crippen MR) is 88.2 cm³/mol. The van der Waals surface area contributed by atoms with E-state index in [2.05, 4.69) is 34.2 Å². The Bertz CT molecular complexity index is 685. The first-order valence-corrected chi connectivity index (χ1v) is 7.80. The number of halogens is 1. The van der Waals surface area contributed by atoms with Gasteiger partial charge in [0.25, 0.3) is 0 Å². The number of ether oxygens (including phenoxy) is 1. The van der Waals surface area contributed by atoms with E-state index >= 15 is 0 Å². The highest BCUT2D eigenvalue weighted by molar-refractivity contribution is 9.10. The molecule has 2 aromatic carbocycles. The molecule has 3 nitrogen and oxygen atoms in total. The number of aromatic hydroxyl groups is 1. The number of nitrogens with one attached hydrogen (secondary N) is 1. The zero-order valence-electron chi connectivity index (χ0n) is 12.1. The van der Waals surface area contributed by atoms with Crippen molar-refractivity contribution in [3.8, 4) is 11.5 Å². The van der Waals surface area contributed by atoms with E-state index in [4.69, 9.17) is 4.74 Å². The molecule has 3 rings (SSSR count). The van der Waals surface area contributed by atoms with Crippen LogP contribution in [0.2, 0.25) is 0 Å². The second-order valence-electron chi connectivity index (χ2n) is 5.42. The molecular weight excluding hydrogens is 330 g/mol. The molecule has 1 atom stereocenters. The second-order valence-corrected chi connectivity index (χ2v) is 6.33. The zero-order chi connectivity index (χ0) is 15.0. The van der Waals surface area contributed by atoms with Crippen molar-refractivity contribution in [1.29, 1.82) is 0 Å². The minimum atomic E-state index is 0.259. The molecule has 0 saturated heterocycles. The summed E-state index contributed by atoms with van der Waals surface area (Å²) in [6, 6.07) is 9.94. The minimum absolute atomic E-state index is 0.259. The Morgan fingerprint density at radius 2 is 2.10 bits per heavy atom. The van der Waals surface area contributed by atoms with Crippen molar-refractivity contribution in [2.75, 3.05) is 12.4 Å². The van der Waals surface area contributed by atoms with Crippen LogP contribution in [0.4, 0.5) is 5.69 Å². The molecule has 0 bridgehead atoms. The Hall–Kier alpha value is -1.68. The lowest BCUT2D eigenvalue weighted by molar-refractivity contribution is 0.415. The molecule has 2 aromatic rings. The first-order valence-electron chi connectivity index (χ1n) is 7.01. The molecular formula is C17H18BrNO2. The minimum Gasteiger partial charge on any atom is -0.508 e. The summed E-state index contributed by atoms with van der Waals surface area (Å²) in [5.74, 6) is 1.18. The maximum absolute atomic E-state index is 9.58. The maximum Gasteiger partial charge on any atom is 0.143 e. The van der Waals surface area contributed by atoms with Gasteiger partial charge in [0.2, 0.25) is 0 Å². The molecule has 1 unspecified atom stereocenters. The van der Waals surface area contributed by atoms with Gasteiger partial charge in [-0.2, -0.15) is 0 Å². The molecule has 0 spiro atoms. The normalized spacial score (nSPS) is 16.6. The highest BCUT2D eigenvalue weighted by atomic mass is 79.9. The standard InChI is InChI=1S/C17H18BrNO2/c1-10-7-12(18)9-16(21-2)17(10)19-15-6-3-11-8-13(20)4-5-14(11)15/h4-5,7-9,15,19-20H,3,6H2,1-2H3. The number of aryl methyl sites for hydroxylation is 2. The Labute approximate surface area is 133 Å². The lowest BCUT2D eigenvalue weighted by Gasteiger charge is -2.20. The third-order valence-electron chi connectivity index (χ3n) is 4.01. The zero-order valence-corrected chi connectivity index (χ0v) is 13.7. The number of phenols is 1. The molecule has 21 heavy (non-hydrogen) atoms. The van der Waals surface area contributed by atoms with Crippen molar-refractivity contribution in [3.05, 3.63) is 51.5 Å². The van der Waals surface area contributed by atoms with E-state index in [0.29, 0.717) is 5.75 Å².